The fourth-order valence-electron chi connectivity index (χ4n) is 2.81. The Morgan fingerprint density at radius 3 is 2.90 bits per heavy atom. The largest absolute Gasteiger partial charge is 0.384 e. The fraction of sp³-hybridized carbons (Fsp3) is 0.500. The maximum atomic E-state index is 4.39. The highest BCUT2D eigenvalue weighted by molar-refractivity contribution is 5.79. The van der Waals surface area contributed by atoms with E-state index in [2.05, 4.69) is 60.8 Å². The molecule has 3 nitrogen and oxygen atoms in total. The van der Waals surface area contributed by atoms with Crippen molar-refractivity contribution in [3.05, 3.63) is 36.3 Å². The van der Waals surface area contributed by atoms with E-state index in [4.69, 9.17) is 0 Å². The van der Waals surface area contributed by atoms with E-state index in [9.17, 15) is 0 Å². The Labute approximate surface area is 127 Å². The monoisotopic (exact) mass is 283 g/mol. The van der Waals surface area contributed by atoms with Crippen LogP contribution in [0.15, 0.2) is 30.7 Å². The predicted molar refractivity (Wildman–Crippen MR) is 88.5 cm³/mol. The number of fused-ring (bicyclic) bond motifs is 1. The van der Waals surface area contributed by atoms with E-state index in [1.165, 1.54) is 22.5 Å². The molecule has 0 saturated carbocycles. The Bertz CT molecular complexity index is 634. The van der Waals surface area contributed by atoms with Gasteiger partial charge in [-0.1, -0.05) is 45.9 Å². The van der Waals surface area contributed by atoms with Crippen molar-refractivity contribution in [2.75, 3.05) is 11.9 Å². The number of para-hydroxylation sites is 1. The van der Waals surface area contributed by atoms with Gasteiger partial charge in [0.05, 0.1) is 18.2 Å². The normalized spacial score (nSPS) is 15.6. The topological polar surface area (TPSA) is 29.9 Å². The van der Waals surface area contributed by atoms with Gasteiger partial charge in [0.2, 0.25) is 0 Å². The summed E-state index contributed by atoms with van der Waals surface area (Å²) in [5, 5.41) is 3.53. The molecule has 0 fully saturated rings. The molecule has 0 aliphatic carbocycles. The summed E-state index contributed by atoms with van der Waals surface area (Å²) in [5.74, 6) is 0.593. The molecule has 2 heterocycles. The molecule has 3 rings (SSSR count). The zero-order valence-corrected chi connectivity index (χ0v) is 13.5. The van der Waals surface area contributed by atoms with Crippen LogP contribution >= 0.6 is 0 Å². The van der Waals surface area contributed by atoms with E-state index in [1.54, 1.807) is 0 Å². The SMILES string of the molecule is CC(Cn1cncc1-c1cccc2c1NCC2)C(C)(C)C. The summed E-state index contributed by atoms with van der Waals surface area (Å²) < 4.78 is 2.30. The molecule has 21 heavy (non-hydrogen) atoms. The molecule has 112 valence electrons. The van der Waals surface area contributed by atoms with E-state index < -0.39 is 0 Å². The lowest BCUT2D eigenvalue weighted by Crippen LogP contribution is -2.22. The second-order valence-corrected chi connectivity index (χ2v) is 7.21. The Morgan fingerprint density at radius 1 is 1.33 bits per heavy atom. The third-order valence-electron chi connectivity index (χ3n) is 4.78. The zero-order chi connectivity index (χ0) is 15.0. The first kappa shape index (κ1) is 14.2. The maximum absolute atomic E-state index is 4.39. The third kappa shape index (κ3) is 2.69. The Balaban J connectivity index is 1.95. The number of nitrogens with zero attached hydrogens (tertiary/aromatic N) is 2. The molecule has 1 N–H and O–H groups in total. The standard InChI is InChI=1S/C18H25N3/c1-13(18(2,3)4)11-21-12-19-10-16(21)15-7-5-6-14-8-9-20-17(14)15/h5-7,10,12-13,20H,8-9,11H2,1-4H3. The zero-order valence-electron chi connectivity index (χ0n) is 13.5. The molecule has 1 unspecified atom stereocenters. The summed E-state index contributed by atoms with van der Waals surface area (Å²) in [6.07, 6.45) is 5.08. The quantitative estimate of drug-likeness (QED) is 0.915. The van der Waals surface area contributed by atoms with E-state index in [-0.39, 0.29) is 0 Å². The molecule has 1 aromatic heterocycles. The second kappa shape index (κ2) is 5.21. The van der Waals surface area contributed by atoms with Crippen LogP contribution in [0.2, 0.25) is 0 Å². The molecule has 0 spiro atoms. The first-order valence-electron chi connectivity index (χ1n) is 7.83. The number of hydrogen-bond acceptors (Lipinski definition) is 2. The van der Waals surface area contributed by atoms with Crippen LogP contribution < -0.4 is 5.32 Å². The number of benzene rings is 1. The van der Waals surface area contributed by atoms with E-state index in [0.717, 1.165) is 19.5 Å². The summed E-state index contributed by atoms with van der Waals surface area (Å²) in [7, 11) is 0. The summed E-state index contributed by atoms with van der Waals surface area (Å²) in [6, 6.07) is 6.58. The average Bonchev–Trinajstić information content (AvgIpc) is 3.05. The van der Waals surface area contributed by atoms with Gasteiger partial charge < -0.3 is 9.88 Å². The summed E-state index contributed by atoms with van der Waals surface area (Å²) >= 11 is 0. The van der Waals surface area contributed by atoms with Crippen molar-refractivity contribution in [2.45, 2.75) is 40.7 Å². The van der Waals surface area contributed by atoms with E-state index in [1.807, 2.05) is 12.5 Å². The fourth-order valence-corrected chi connectivity index (χ4v) is 2.81. The van der Waals surface area contributed by atoms with Crippen LogP contribution in [0, 0.1) is 11.3 Å². The minimum Gasteiger partial charge on any atom is -0.384 e. The second-order valence-electron chi connectivity index (χ2n) is 7.21. The van der Waals surface area contributed by atoms with Crippen LogP contribution in [-0.4, -0.2) is 16.1 Å². The number of aromatic nitrogens is 2. The number of nitrogens with one attached hydrogen (secondary N) is 1. The number of hydrogen-bond donors (Lipinski definition) is 1. The Morgan fingerprint density at radius 2 is 2.14 bits per heavy atom. The van der Waals surface area contributed by atoms with Crippen molar-refractivity contribution < 1.29 is 0 Å². The molecule has 1 atom stereocenters. The molecule has 3 heteroatoms. The van der Waals surface area contributed by atoms with Gasteiger partial charge in [-0.05, 0) is 23.3 Å². The maximum Gasteiger partial charge on any atom is 0.0951 e. The van der Waals surface area contributed by atoms with Gasteiger partial charge in [-0.25, -0.2) is 4.98 Å². The molecule has 0 saturated heterocycles. The number of anilines is 1. The van der Waals surface area contributed by atoms with Gasteiger partial charge in [-0.3, -0.25) is 0 Å². The average molecular weight is 283 g/mol. The molecule has 0 radical (unpaired) electrons. The van der Waals surface area contributed by atoms with Crippen molar-refractivity contribution in [1.29, 1.82) is 0 Å². The van der Waals surface area contributed by atoms with Crippen LogP contribution in [0.4, 0.5) is 5.69 Å². The summed E-state index contributed by atoms with van der Waals surface area (Å²) in [4.78, 5) is 4.39. The first-order valence-corrected chi connectivity index (χ1v) is 7.83. The van der Waals surface area contributed by atoms with Gasteiger partial charge in [0.15, 0.2) is 0 Å². The molecular formula is C18H25N3. The van der Waals surface area contributed by atoms with Crippen LogP contribution in [0.25, 0.3) is 11.3 Å². The van der Waals surface area contributed by atoms with E-state index >= 15 is 0 Å². The lowest BCUT2D eigenvalue weighted by atomic mass is 9.82. The van der Waals surface area contributed by atoms with E-state index in [0.29, 0.717) is 11.3 Å². The summed E-state index contributed by atoms with van der Waals surface area (Å²) in [5.41, 5.74) is 5.52. The van der Waals surface area contributed by atoms with Crippen LogP contribution in [0.3, 0.4) is 0 Å². The Kier molecular flexibility index (Phi) is 3.52. The molecule has 1 aromatic carbocycles. The van der Waals surface area contributed by atoms with Crippen LogP contribution in [0.5, 0.6) is 0 Å². The molecule has 2 aromatic rings. The molecule has 0 amide bonds. The van der Waals surface area contributed by atoms with Gasteiger partial charge in [-0.2, -0.15) is 0 Å². The number of imidazole rings is 1. The van der Waals surface area contributed by atoms with Gasteiger partial charge in [0.1, 0.15) is 0 Å². The van der Waals surface area contributed by atoms with Crippen LogP contribution in [-0.2, 0) is 13.0 Å². The minimum atomic E-state index is 0.304. The Hall–Kier alpha value is -1.77. The highest BCUT2D eigenvalue weighted by atomic mass is 15.1. The van der Waals surface area contributed by atoms with Crippen molar-refractivity contribution >= 4 is 5.69 Å². The summed E-state index contributed by atoms with van der Waals surface area (Å²) in [6.45, 7) is 11.3. The number of rotatable bonds is 3. The van der Waals surface area contributed by atoms with Crippen molar-refractivity contribution in [1.82, 2.24) is 9.55 Å². The minimum absolute atomic E-state index is 0.304. The van der Waals surface area contributed by atoms with Crippen molar-refractivity contribution in [3.8, 4) is 11.3 Å². The smallest absolute Gasteiger partial charge is 0.0951 e. The highest BCUT2D eigenvalue weighted by Crippen LogP contribution is 2.35. The highest BCUT2D eigenvalue weighted by Gasteiger charge is 2.22. The molecule has 0 bridgehead atoms. The van der Waals surface area contributed by atoms with Gasteiger partial charge in [0.25, 0.3) is 0 Å². The molecular weight excluding hydrogens is 258 g/mol. The first-order chi connectivity index (χ1) is 9.97. The van der Waals surface area contributed by atoms with Crippen molar-refractivity contribution in [3.63, 3.8) is 0 Å². The van der Waals surface area contributed by atoms with Crippen molar-refractivity contribution in [2.24, 2.45) is 11.3 Å². The third-order valence-corrected chi connectivity index (χ3v) is 4.78. The molecule has 1 aliphatic rings. The molecule has 1 aliphatic heterocycles. The van der Waals surface area contributed by atoms with Gasteiger partial charge in [-0.15, -0.1) is 0 Å². The van der Waals surface area contributed by atoms with Gasteiger partial charge >= 0.3 is 0 Å². The predicted octanol–water partition coefficient (Wildman–Crippen LogP) is 4.20. The van der Waals surface area contributed by atoms with Crippen LogP contribution in [0.1, 0.15) is 33.3 Å². The lowest BCUT2D eigenvalue weighted by Gasteiger charge is -2.28. The van der Waals surface area contributed by atoms with Gasteiger partial charge in [0, 0.05) is 24.3 Å². The lowest BCUT2D eigenvalue weighted by molar-refractivity contribution is 0.233.